The van der Waals surface area contributed by atoms with Crippen LogP contribution in [0.2, 0.25) is 0 Å². The molecule has 0 heterocycles. The van der Waals surface area contributed by atoms with Gasteiger partial charge >= 0.3 is 5.97 Å². The van der Waals surface area contributed by atoms with Gasteiger partial charge in [0, 0.05) is 6.42 Å². The van der Waals surface area contributed by atoms with Crippen molar-refractivity contribution < 1.29 is 24.5 Å². The van der Waals surface area contributed by atoms with E-state index in [1.807, 2.05) is 0 Å². The van der Waals surface area contributed by atoms with Crippen LogP contribution in [-0.4, -0.2) is 46.9 Å². The Morgan fingerprint density at radius 3 is 1.35 bits per heavy atom. The molecular weight excluding hydrogens is 743 g/mol. The van der Waals surface area contributed by atoms with Crippen LogP contribution in [0, 0.1) is 0 Å². The second-order valence-electron chi connectivity index (χ2n) is 18.0. The highest BCUT2D eigenvalue weighted by molar-refractivity contribution is 5.77. The third-order valence-electron chi connectivity index (χ3n) is 12.0. The van der Waals surface area contributed by atoms with E-state index in [1.165, 1.54) is 154 Å². The number of esters is 1. The topological polar surface area (TPSA) is 95.9 Å². The molecule has 0 bridgehead atoms. The molecular formula is C54H101NO5. The van der Waals surface area contributed by atoms with Crippen LogP contribution in [0.25, 0.3) is 0 Å². The van der Waals surface area contributed by atoms with Gasteiger partial charge in [-0.25, -0.2) is 0 Å². The number of amides is 1. The molecule has 0 rings (SSSR count). The molecule has 6 nitrogen and oxygen atoms in total. The number of hydrogen-bond acceptors (Lipinski definition) is 5. The first-order valence-corrected chi connectivity index (χ1v) is 26.2. The molecule has 1 amide bonds. The van der Waals surface area contributed by atoms with Gasteiger partial charge in [-0.3, -0.25) is 9.59 Å². The third kappa shape index (κ3) is 42.8. The smallest absolute Gasteiger partial charge is 0.306 e. The monoisotopic (exact) mass is 844 g/mol. The molecule has 3 unspecified atom stereocenters. The molecule has 3 atom stereocenters. The number of unbranched alkanes of at least 4 members (excludes halogenated alkanes) is 31. The van der Waals surface area contributed by atoms with Gasteiger partial charge in [-0.2, -0.15) is 0 Å². The maximum atomic E-state index is 13.2. The zero-order valence-electron chi connectivity index (χ0n) is 40.1. The first kappa shape index (κ1) is 58.1. The van der Waals surface area contributed by atoms with Gasteiger partial charge < -0.3 is 20.3 Å². The number of aliphatic hydroxyl groups excluding tert-OH is 2. The molecule has 0 fully saturated rings. The van der Waals surface area contributed by atoms with Gasteiger partial charge in [0.2, 0.25) is 5.91 Å². The molecule has 0 aromatic rings. The van der Waals surface area contributed by atoms with E-state index in [4.69, 9.17) is 4.74 Å². The fourth-order valence-electron chi connectivity index (χ4n) is 8.08. The van der Waals surface area contributed by atoms with E-state index in [1.54, 1.807) is 0 Å². The van der Waals surface area contributed by atoms with Crippen LogP contribution < -0.4 is 5.32 Å². The van der Waals surface area contributed by atoms with E-state index in [2.05, 4.69) is 62.5 Å². The Morgan fingerprint density at radius 2 is 0.900 bits per heavy atom. The molecule has 0 saturated carbocycles. The summed E-state index contributed by atoms with van der Waals surface area (Å²) in [6, 6.07) is -0.702. The summed E-state index contributed by atoms with van der Waals surface area (Å²) in [5.74, 6) is -0.485. The van der Waals surface area contributed by atoms with Crippen LogP contribution in [0.5, 0.6) is 0 Å². The fraction of sp³-hybridized carbons (Fsp3) is 0.852. The number of rotatable bonds is 47. The number of carbonyl (C=O) groups is 2. The van der Waals surface area contributed by atoms with Crippen LogP contribution in [0.15, 0.2) is 36.5 Å². The number of nitrogens with one attached hydrogen (secondary N) is 1. The summed E-state index contributed by atoms with van der Waals surface area (Å²) in [5, 5.41) is 23.8. The van der Waals surface area contributed by atoms with Crippen molar-refractivity contribution in [1.29, 1.82) is 0 Å². The predicted molar refractivity (Wildman–Crippen MR) is 259 cm³/mol. The molecule has 0 aliphatic rings. The quantitative estimate of drug-likeness (QED) is 0.0322. The first-order valence-electron chi connectivity index (χ1n) is 26.2. The average Bonchev–Trinajstić information content (AvgIpc) is 3.24. The molecule has 60 heavy (non-hydrogen) atoms. The van der Waals surface area contributed by atoms with Gasteiger partial charge in [0.15, 0.2) is 0 Å². The van der Waals surface area contributed by atoms with E-state index in [0.29, 0.717) is 19.3 Å². The Kier molecular flexibility index (Phi) is 46.6. The summed E-state index contributed by atoms with van der Waals surface area (Å²) >= 11 is 0. The highest BCUT2D eigenvalue weighted by Gasteiger charge is 2.24. The van der Waals surface area contributed by atoms with Crippen molar-refractivity contribution in [2.24, 2.45) is 0 Å². The number of ether oxygens (including phenoxy) is 1. The second-order valence-corrected chi connectivity index (χ2v) is 18.0. The lowest BCUT2D eigenvalue weighted by Crippen LogP contribution is -2.46. The Labute approximate surface area is 373 Å². The molecule has 352 valence electrons. The van der Waals surface area contributed by atoms with E-state index in [9.17, 15) is 19.8 Å². The van der Waals surface area contributed by atoms with Crippen molar-refractivity contribution in [3.8, 4) is 0 Å². The number of carbonyl (C=O) groups excluding carboxylic acids is 2. The van der Waals surface area contributed by atoms with Crippen molar-refractivity contribution in [3.05, 3.63) is 36.5 Å². The average molecular weight is 844 g/mol. The summed E-state index contributed by atoms with van der Waals surface area (Å²) in [5.41, 5.74) is 0. The summed E-state index contributed by atoms with van der Waals surface area (Å²) in [4.78, 5) is 26.1. The zero-order valence-corrected chi connectivity index (χ0v) is 40.1. The number of aliphatic hydroxyl groups is 2. The Balaban J connectivity index is 4.56. The number of allylic oxidation sites excluding steroid dienone is 6. The van der Waals surface area contributed by atoms with Crippen LogP contribution in [-0.2, 0) is 14.3 Å². The summed E-state index contributed by atoms with van der Waals surface area (Å²) in [7, 11) is 0. The van der Waals surface area contributed by atoms with E-state index in [-0.39, 0.29) is 24.9 Å². The Hall–Kier alpha value is -1.92. The molecule has 0 saturated heterocycles. The highest BCUT2D eigenvalue weighted by atomic mass is 16.5. The largest absolute Gasteiger partial charge is 0.462 e. The highest BCUT2D eigenvalue weighted by Crippen LogP contribution is 2.18. The van der Waals surface area contributed by atoms with Gasteiger partial charge in [-0.1, -0.05) is 250 Å². The zero-order chi connectivity index (χ0) is 43.8. The van der Waals surface area contributed by atoms with Gasteiger partial charge in [0.05, 0.1) is 25.2 Å². The Bertz CT molecular complexity index is 993. The van der Waals surface area contributed by atoms with Crippen LogP contribution in [0.3, 0.4) is 0 Å². The predicted octanol–water partition coefficient (Wildman–Crippen LogP) is 15.7. The molecule has 0 aromatic carbocycles. The number of hydrogen-bond donors (Lipinski definition) is 3. The molecule has 0 aliphatic carbocycles. The summed E-state index contributed by atoms with van der Waals surface area (Å²) in [6.45, 7) is 6.37. The standard InChI is InChI=1S/C54H101NO5/c1-4-7-10-13-16-19-22-25-28-30-33-36-39-42-45-50(60-54(59)47-44-41-38-35-32-27-24-21-18-15-12-9-6-3)48-53(58)55-51(49-56)52(57)46-43-40-37-34-31-29-26-23-20-17-14-11-8-5-2/h9,12,15,18,21,24,50-52,56-57H,4-8,10-11,13-14,16-17,19-20,22-23,25-49H2,1-3H3,(H,55,58)/b12-9+,18-15+,24-21-. The van der Waals surface area contributed by atoms with Gasteiger partial charge in [-0.05, 0) is 44.9 Å². The third-order valence-corrected chi connectivity index (χ3v) is 12.0. The fourth-order valence-corrected chi connectivity index (χ4v) is 8.08. The lowest BCUT2D eigenvalue weighted by Gasteiger charge is -2.24. The normalized spacial score (nSPS) is 13.5. The van der Waals surface area contributed by atoms with E-state index < -0.39 is 18.2 Å². The lowest BCUT2D eigenvalue weighted by molar-refractivity contribution is -0.151. The molecule has 6 heteroatoms. The maximum absolute atomic E-state index is 13.2. The molecule has 0 radical (unpaired) electrons. The molecule has 0 aliphatic heterocycles. The van der Waals surface area contributed by atoms with Crippen LogP contribution in [0.1, 0.15) is 271 Å². The minimum absolute atomic E-state index is 0.0733. The minimum Gasteiger partial charge on any atom is -0.462 e. The van der Waals surface area contributed by atoms with Crippen molar-refractivity contribution in [1.82, 2.24) is 5.32 Å². The maximum Gasteiger partial charge on any atom is 0.306 e. The van der Waals surface area contributed by atoms with Gasteiger partial charge in [0.1, 0.15) is 6.10 Å². The van der Waals surface area contributed by atoms with E-state index >= 15 is 0 Å². The van der Waals surface area contributed by atoms with Crippen molar-refractivity contribution in [2.75, 3.05) is 6.61 Å². The van der Waals surface area contributed by atoms with Crippen LogP contribution >= 0.6 is 0 Å². The summed E-state index contributed by atoms with van der Waals surface area (Å²) in [6.07, 6.45) is 56.3. The second kappa shape index (κ2) is 48.1. The van der Waals surface area contributed by atoms with Crippen molar-refractivity contribution >= 4 is 11.9 Å². The summed E-state index contributed by atoms with van der Waals surface area (Å²) < 4.78 is 5.93. The van der Waals surface area contributed by atoms with Gasteiger partial charge in [0.25, 0.3) is 0 Å². The van der Waals surface area contributed by atoms with Gasteiger partial charge in [-0.15, -0.1) is 0 Å². The molecule has 0 aromatic heterocycles. The van der Waals surface area contributed by atoms with E-state index in [0.717, 1.165) is 70.6 Å². The Morgan fingerprint density at radius 1 is 0.500 bits per heavy atom. The first-order chi connectivity index (χ1) is 29.5. The van der Waals surface area contributed by atoms with Crippen molar-refractivity contribution in [2.45, 2.75) is 289 Å². The molecule has 0 spiro atoms. The van der Waals surface area contributed by atoms with Crippen molar-refractivity contribution in [3.63, 3.8) is 0 Å². The minimum atomic E-state index is -0.788. The SMILES string of the molecule is CC/C=C/C=C/C=C\CCCCCCCC(=O)OC(CCCCCCCCCCCCCCCC)CC(=O)NC(CO)C(O)CCCCCCCCCCCCCCCC. The van der Waals surface area contributed by atoms with Crippen LogP contribution in [0.4, 0.5) is 0 Å². The molecule has 3 N–H and O–H groups in total. The lowest BCUT2D eigenvalue weighted by atomic mass is 10.0.